The van der Waals surface area contributed by atoms with Gasteiger partial charge in [0, 0.05) is 29.8 Å². The summed E-state index contributed by atoms with van der Waals surface area (Å²) in [5.41, 5.74) is 8.85. The highest BCUT2D eigenvalue weighted by molar-refractivity contribution is 9.10. The van der Waals surface area contributed by atoms with Crippen molar-refractivity contribution in [3.63, 3.8) is 0 Å². The highest BCUT2D eigenvalue weighted by atomic mass is 79.9. The summed E-state index contributed by atoms with van der Waals surface area (Å²) in [6, 6.07) is 6.42. The van der Waals surface area contributed by atoms with E-state index in [2.05, 4.69) is 59.8 Å². The maximum Gasteiger partial charge on any atom is 0.0423 e. The topological polar surface area (TPSA) is 29.3 Å². The van der Waals surface area contributed by atoms with Crippen molar-refractivity contribution in [1.82, 2.24) is 0 Å². The lowest BCUT2D eigenvalue weighted by atomic mass is 9.75. The summed E-state index contributed by atoms with van der Waals surface area (Å²) in [7, 11) is 0. The first kappa shape index (κ1) is 14.9. The largest absolute Gasteiger partial charge is 0.371 e. The Kier molecular flexibility index (Phi) is 4.57. The van der Waals surface area contributed by atoms with Crippen molar-refractivity contribution < 1.29 is 0 Å². The molecule has 0 bridgehead atoms. The van der Waals surface area contributed by atoms with Gasteiger partial charge in [0.2, 0.25) is 0 Å². The molecule has 2 rings (SSSR count). The van der Waals surface area contributed by atoms with Crippen LogP contribution in [0.2, 0.25) is 0 Å². The van der Waals surface area contributed by atoms with Gasteiger partial charge >= 0.3 is 0 Å². The second-order valence-corrected chi connectivity index (χ2v) is 7.52. The number of nitrogens with zero attached hydrogens (tertiary/aromatic N) is 1. The number of benzene rings is 1. The summed E-state index contributed by atoms with van der Waals surface area (Å²) in [5, 5.41) is 0. The van der Waals surface area contributed by atoms with Gasteiger partial charge in [-0.3, -0.25) is 0 Å². The average molecular weight is 325 g/mol. The van der Waals surface area contributed by atoms with Gasteiger partial charge in [-0.15, -0.1) is 0 Å². The molecule has 0 aliphatic carbocycles. The van der Waals surface area contributed by atoms with Gasteiger partial charge in [0.25, 0.3) is 0 Å². The summed E-state index contributed by atoms with van der Waals surface area (Å²) in [6.45, 7) is 9.98. The summed E-state index contributed by atoms with van der Waals surface area (Å²) in [6.07, 6.45) is 2.56. The standard InChI is InChI=1S/C16H25BrN2/c1-16(2,3)13-6-8-19(9-7-13)15-10-14(17)5-4-12(15)11-18/h4-5,10,13H,6-9,11,18H2,1-3H3. The van der Waals surface area contributed by atoms with Gasteiger partial charge in [-0.05, 0) is 41.9 Å². The van der Waals surface area contributed by atoms with Gasteiger partial charge in [-0.1, -0.05) is 42.8 Å². The number of hydrogen-bond acceptors (Lipinski definition) is 2. The smallest absolute Gasteiger partial charge is 0.0423 e. The van der Waals surface area contributed by atoms with Gasteiger partial charge in [-0.2, -0.15) is 0 Å². The molecule has 2 N–H and O–H groups in total. The highest BCUT2D eigenvalue weighted by Gasteiger charge is 2.29. The lowest BCUT2D eigenvalue weighted by molar-refractivity contribution is 0.199. The molecule has 0 radical (unpaired) electrons. The third-order valence-corrected chi connectivity index (χ3v) is 4.82. The number of piperidine rings is 1. The molecular weight excluding hydrogens is 300 g/mol. The van der Waals surface area contributed by atoms with Crippen LogP contribution < -0.4 is 10.6 Å². The van der Waals surface area contributed by atoms with Gasteiger partial charge < -0.3 is 10.6 Å². The molecule has 1 heterocycles. The van der Waals surface area contributed by atoms with Crippen molar-refractivity contribution in [3.8, 4) is 0 Å². The summed E-state index contributed by atoms with van der Waals surface area (Å²) in [5.74, 6) is 0.831. The van der Waals surface area contributed by atoms with Gasteiger partial charge in [0.1, 0.15) is 0 Å². The number of nitrogens with two attached hydrogens (primary N) is 1. The van der Waals surface area contributed by atoms with Gasteiger partial charge in [0.05, 0.1) is 0 Å². The Morgan fingerprint density at radius 1 is 1.26 bits per heavy atom. The van der Waals surface area contributed by atoms with Crippen LogP contribution in [0, 0.1) is 11.3 Å². The molecule has 1 aliphatic rings. The fourth-order valence-corrected chi connectivity index (χ4v) is 3.34. The maximum absolute atomic E-state index is 5.86. The van der Waals surface area contributed by atoms with Crippen LogP contribution in [-0.2, 0) is 6.54 Å². The van der Waals surface area contributed by atoms with Crippen molar-refractivity contribution in [1.29, 1.82) is 0 Å². The maximum atomic E-state index is 5.86. The lowest BCUT2D eigenvalue weighted by Gasteiger charge is -2.40. The summed E-state index contributed by atoms with van der Waals surface area (Å²) < 4.78 is 1.14. The molecular formula is C16H25BrN2. The molecule has 2 nitrogen and oxygen atoms in total. The minimum absolute atomic E-state index is 0.431. The van der Waals surface area contributed by atoms with Crippen molar-refractivity contribution in [2.24, 2.45) is 17.1 Å². The van der Waals surface area contributed by atoms with Crippen LogP contribution in [0.25, 0.3) is 0 Å². The zero-order valence-electron chi connectivity index (χ0n) is 12.2. The molecule has 106 valence electrons. The number of anilines is 1. The normalized spacial score (nSPS) is 17.8. The molecule has 0 saturated carbocycles. The Bertz CT molecular complexity index is 429. The van der Waals surface area contributed by atoms with Crippen LogP contribution in [0.4, 0.5) is 5.69 Å². The van der Waals surface area contributed by atoms with E-state index >= 15 is 0 Å². The van der Waals surface area contributed by atoms with E-state index in [1.54, 1.807) is 0 Å². The fourth-order valence-electron chi connectivity index (χ4n) is 2.99. The van der Waals surface area contributed by atoms with Gasteiger partial charge in [0.15, 0.2) is 0 Å². The van der Waals surface area contributed by atoms with Crippen molar-refractivity contribution >= 4 is 21.6 Å². The zero-order valence-corrected chi connectivity index (χ0v) is 13.8. The average Bonchev–Trinajstić information content (AvgIpc) is 2.38. The molecule has 1 saturated heterocycles. The molecule has 3 heteroatoms. The second kappa shape index (κ2) is 5.84. The molecule has 0 amide bonds. The molecule has 1 fully saturated rings. The second-order valence-electron chi connectivity index (χ2n) is 6.60. The Hall–Kier alpha value is -0.540. The zero-order chi connectivity index (χ0) is 14.0. The minimum atomic E-state index is 0.431. The van der Waals surface area contributed by atoms with Gasteiger partial charge in [-0.25, -0.2) is 0 Å². The van der Waals surface area contributed by atoms with Crippen molar-refractivity contribution in [2.75, 3.05) is 18.0 Å². The highest BCUT2D eigenvalue weighted by Crippen LogP contribution is 2.36. The fraction of sp³-hybridized carbons (Fsp3) is 0.625. The molecule has 0 aromatic heterocycles. The number of halogens is 1. The first-order valence-corrected chi connectivity index (χ1v) is 7.94. The van der Waals surface area contributed by atoms with E-state index in [0.29, 0.717) is 12.0 Å². The predicted octanol–water partition coefficient (Wildman–Crippen LogP) is 4.17. The van der Waals surface area contributed by atoms with Crippen molar-refractivity contribution in [3.05, 3.63) is 28.2 Å². The predicted molar refractivity (Wildman–Crippen MR) is 86.4 cm³/mol. The van der Waals surface area contributed by atoms with E-state index in [0.717, 1.165) is 23.5 Å². The summed E-state index contributed by atoms with van der Waals surface area (Å²) in [4.78, 5) is 2.50. The molecule has 0 atom stereocenters. The monoisotopic (exact) mass is 324 g/mol. The van der Waals surface area contributed by atoms with E-state index in [4.69, 9.17) is 5.73 Å². The van der Waals surface area contributed by atoms with E-state index in [1.165, 1.54) is 24.1 Å². The van der Waals surface area contributed by atoms with Crippen LogP contribution in [0.15, 0.2) is 22.7 Å². The third-order valence-electron chi connectivity index (χ3n) is 4.33. The van der Waals surface area contributed by atoms with E-state index in [9.17, 15) is 0 Å². The first-order valence-electron chi connectivity index (χ1n) is 7.15. The SMILES string of the molecule is CC(C)(C)C1CCN(c2cc(Br)ccc2CN)CC1. The molecule has 0 spiro atoms. The molecule has 1 aliphatic heterocycles. The van der Waals surface area contributed by atoms with Crippen LogP contribution in [0.5, 0.6) is 0 Å². The number of rotatable bonds is 2. The summed E-state index contributed by atoms with van der Waals surface area (Å²) >= 11 is 3.57. The lowest BCUT2D eigenvalue weighted by Crippen LogP contribution is -2.38. The Labute approximate surface area is 125 Å². The van der Waals surface area contributed by atoms with Crippen LogP contribution in [-0.4, -0.2) is 13.1 Å². The third kappa shape index (κ3) is 3.51. The van der Waals surface area contributed by atoms with E-state index in [-0.39, 0.29) is 0 Å². The van der Waals surface area contributed by atoms with Crippen LogP contribution >= 0.6 is 15.9 Å². The van der Waals surface area contributed by atoms with Crippen LogP contribution in [0.1, 0.15) is 39.2 Å². The van der Waals surface area contributed by atoms with E-state index < -0.39 is 0 Å². The molecule has 19 heavy (non-hydrogen) atoms. The molecule has 0 unspecified atom stereocenters. The Morgan fingerprint density at radius 2 is 1.89 bits per heavy atom. The van der Waals surface area contributed by atoms with E-state index in [1.807, 2.05) is 0 Å². The van der Waals surface area contributed by atoms with Crippen LogP contribution in [0.3, 0.4) is 0 Å². The number of hydrogen-bond donors (Lipinski definition) is 1. The first-order chi connectivity index (χ1) is 8.91. The Balaban J connectivity index is 2.11. The minimum Gasteiger partial charge on any atom is -0.371 e. The quantitative estimate of drug-likeness (QED) is 0.884. The molecule has 1 aromatic rings. The molecule has 1 aromatic carbocycles. The Morgan fingerprint density at radius 3 is 2.42 bits per heavy atom. The van der Waals surface area contributed by atoms with Crippen molar-refractivity contribution in [2.45, 2.75) is 40.2 Å².